The van der Waals surface area contributed by atoms with Gasteiger partial charge < -0.3 is 97.6 Å². The van der Waals surface area contributed by atoms with Crippen molar-refractivity contribution in [2.75, 3.05) is 19.8 Å². The molecule has 0 spiro atoms. The maximum atomic E-state index is 13.5. The summed E-state index contributed by atoms with van der Waals surface area (Å²) in [5, 5.41) is 87.5. The lowest BCUT2D eigenvalue weighted by Crippen LogP contribution is -2.70. The van der Waals surface area contributed by atoms with Crippen molar-refractivity contribution in [1.82, 2.24) is 37.2 Å². The van der Waals surface area contributed by atoms with Gasteiger partial charge in [-0.2, -0.15) is 0 Å². The molecule has 16 atom stereocenters. The van der Waals surface area contributed by atoms with Crippen LogP contribution in [0, 0.1) is 0 Å². The highest BCUT2D eigenvalue weighted by atomic mass is 16.7. The summed E-state index contributed by atoms with van der Waals surface area (Å²) in [7, 11) is 0. The summed E-state index contributed by atoms with van der Waals surface area (Å²) in [6.07, 6.45) is -15.0. The minimum absolute atomic E-state index is 0.0694. The van der Waals surface area contributed by atoms with Gasteiger partial charge in [0.25, 0.3) is 0 Å². The number of ether oxygens (including phenoxy) is 4. The van der Waals surface area contributed by atoms with E-state index in [1.165, 1.54) is 27.7 Å². The van der Waals surface area contributed by atoms with Crippen LogP contribution in [-0.2, 0) is 62.1 Å². The van der Waals surface area contributed by atoms with Gasteiger partial charge in [0.15, 0.2) is 12.6 Å². The van der Waals surface area contributed by atoms with Crippen molar-refractivity contribution in [2.45, 2.75) is 171 Å². The van der Waals surface area contributed by atoms with Crippen LogP contribution in [-0.4, -0.2) is 206 Å². The van der Waals surface area contributed by atoms with Gasteiger partial charge in [-0.05, 0) is 59.9 Å². The number of unbranched alkanes of at least 4 members (excludes halogenated alkanes) is 1. The summed E-state index contributed by atoms with van der Waals surface area (Å²) in [5.41, 5.74) is 5.55. The number of carbonyl (C=O) groups excluding carboxylic acids is 7. The lowest BCUT2D eigenvalue weighted by atomic mass is 9.94. The number of amides is 7. The summed E-state index contributed by atoms with van der Waals surface area (Å²) >= 11 is 0. The number of hydrogen-bond donors (Lipinski definition) is 15. The smallest absolute Gasteiger partial charge is 0.326 e. The van der Waals surface area contributed by atoms with E-state index in [1.807, 2.05) is 0 Å². The zero-order chi connectivity index (χ0) is 50.9. The number of nitrogens with one attached hydrogen (secondary N) is 7. The lowest BCUT2D eigenvalue weighted by Gasteiger charge is -2.48. The molecule has 28 heteroatoms. The van der Waals surface area contributed by atoms with E-state index in [0.717, 1.165) is 13.8 Å². The summed E-state index contributed by atoms with van der Waals surface area (Å²) in [6.45, 7) is 5.61. The second-order valence-corrected chi connectivity index (χ2v) is 16.1. The Balaban J connectivity index is 2.19. The number of aliphatic hydroxyl groups excluding tert-OH is 5. The van der Waals surface area contributed by atoms with E-state index in [9.17, 15) is 73.8 Å². The summed E-state index contributed by atoms with van der Waals surface area (Å²) in [6, 6.07) is -9.87. The Hall–Kier alpha value is -5.17. The van der Waals surface area contributed by atoms with Gasteiger partial charge >= 0.3 is 11.9 Å². The van der Waals surface area contributed by atoms with Crippen LogP contribution in [0.3, 0.4) is 0 Å². The molecule has 16 N–H and O–H groups in total. The highest BCUT2D eigenvalue weighted by Gasteiger charge is 2.53. The molecule has 0 saturated carbocycles. The normalized spacial score (nSPS) is 27.6. The summed E-state index contributed by atoms with van der Waals surface area (Å²) in [4.78, 5) is 113. The van der Waals surface area contributed by atoms with Crippen molar-refractivity contribution in [3.8, 4) is 0 Å². The molecule has 0 radical (unpaired) electrons. The van der Waals surface area contributed by atoms with E-state index < -0.39 is 177 Å². The molecule has 0 unspecified atom stereocenters. The molecule has 67 heavy (non-hydrogen) atoms. The molecule has 2 aliphatic heterocycles. The van der Waals surface area contributed by atoms with Crippen molar-refractivity contribution in [1.29, 1.82) is 0 Å². The maximum absolute atomic E-state index is 13.5. The van der Waals surface area contributed by atoms with Crippen LogP contribution in [0.1, 0.15) is 73.6 Å². The second kappa shape index (κ2) is 27.6. The Bertz CT molecular complexity index is 1730. The molecule has 382 valence electrons. The highest BCUT2D eigenvalue weighted by Crippen LogP contribution is 2.31. The predicted octanol–water partition coefficient (Wildman–Crippen LogP) is -7.13. The second-order valence-electron chi connectivity index (χ2n) is 16.1. The molecule has 2 aliphatic rings. The molecule has 28 nitrogen and oxygen atoms in total. The van der Waals surface area contributed by atoms with Crippen molar-refractivity contribution in [3.05, 3.63) is 0 Å². The first-order chi connectivity index (χ1) is 31.4. The van der Waals surface area contributed by atoms with E-state index in [4.69, 9.17) is 29.8 Å². The Morgan fingerprint density at radius 1 is 0.612 bits per heavy atom. The minimum atomic E-state index is -1.89. The summed E-state index contributed by atoms with van der Waals surface area (Å²) < 4.78 is 23.1. The van der Waals surface area contributed by atoms with Gasteiger partial charge in [0.2, 0.25) is 41.4 Å². The van der Waals surface area contributed by atoms with Crippen molar-refractivity contribution >= 4 is 53.3 Å². The number of carbonyl (C=O) groups is 9. The molecular weight excluding hydrogens is 900 g/mol. The molecule has 0 aromatic rings. The van der Waals surface area contributed by atoms with E-state index in [0.29, 0.717) is 12.8 Å². The third kappa shape index (κ3) is 17.8. The van der Waals surface area contributed by atoms with Gasteiger partial charge in [0.1, 0.15) is 85.0 Å². The maximum Gasteiger partial charge on any atom is 0.326 e. The third-order valence-electron chi connectivity index (χ3n) is 10.6. The highest BCUT2D eigenvalue weighted by molar-refractivity contribution is 5.94. The SMILES string of the molecule is CC(=O)N[C@@H]1[C@@H](O[C@H](C)C(=O)N[C@@H](C)C(=O)N[C@H](CCC(=O)N[C@@H](CCCCN)C(=O)N[C@H](C)C(=O)N[C@H](C)C(=O)O)C(=O)O)[C@H](O[C@@H]2O[C@H](CO)[C@@H](O)[C@H](O)[C@H]2NC(C)=O)[C@@H](CO)O[C@H]1O. The average molecular weight is 967 g/mol. The minimum Gasteiger partial charge on any atom is -0.480 e. The van der Waals surface area contributed by atoms with Crippen LogP contribution in [0.2, 0.25) is 0 Å². The fraction of sp³-hybridized carbons (Fsp3) is 0.769. The Morgan fingerprint density at radius 2 is 1.16 bits per heavy atom. The van der Waals surface area contributed by atoms with Gasteiger partial charge in [0.05, 0.1) is 13.2 Å². The van der Waals surface area contributed by atoms with Crippen LogP contribution < -0.4 is 43.0 Å². The molecule has 0 aromatic heterocycles. The van der Waals surface area contributed by atoms with E-state index in [2.05, 4.69) is 37.2 Å². The zero-order valence-electron chi connectivity index (χ0n) is 37.9. The van der Waals surface area contributed by atoms with E-state index in [1.54, 1.807) is 0 Å². The zero-order valence-corrected chi connectivity index (χ0v) is 37.9. The molecule has 2 heterocycles. The monoisotopic (exact) mass is 966 g/mol. The first-order valence-electron chi connectivity index (χ1n) is 21.5. The Kier molecular flexibility index (Phi) is 23.9. The fourth-order valence-corrected chi connectivity index (χ4v) is 6.85. The predicted molar refractivity (Wildman–Crippen MR) is 224 cm³/mol. The van der Waals surface area contributed by atoms with Crippen LogP contribution in [0.4, 0.5) is 0 Å². The molecule has 7 amide bonds. The first kappa shape index (κ1) is 58.0. The number of nitrogens with two attached hydrogens (primary N) is 1. The number of carboxylic acid groups (broad SMARTS) is 2. The van der Waals surface area contributed by atoms with Crippen LogP contribution in [0.15, 0.2) is 0 Å². The fourth-order valence-electron chi connectivity index (χ4n) is 6.85. The van der Waals surface area contributed by atoms with Gasteiger partial charge in [-0.15, -0.1) is 0 Å². The molecule has 0 aromatic carbocycles. The molecular formula is C39H66N8O20. The molecule has 0 bridgehead atoms. The van der Waals surface area contributed by atoms with Gasteiger partial charge in [0, 0.05) is 20.3 Å². The Labute approximate surface area is 384 Å². The topological polar surface area (TPSA) is 442 Å². The first-order valence-corrected chi connectivity index (χ1v) is 21.5. The van der Waals surface area contributed by atoms with Crippen molar-refractivity contribution in [2.24, 2.45) is 5.73 Å². The third-order valence-corrected chi connectivity index (χ3v) is 10.6. The number of rotatable bonds is 26. The number of aliphatic hydroxyl groups is 5. The Morgan fingerprint density at radius 3 is 1.70 bits per heavy atom. The van der Waals surface area contributed by atoms with Crippen LogP contribution >= 0.6 is 0 Å². The number of carboxylic acids is 2. The van der Waals surface area contributed by atoms with Gasteiger partial charge in [-0.1, -0.05) is 0 Å². The van der Waals surface area contributed by atoms with Crippen LogP contribution in [0.25, 0.3) is 0 Å². The molecule has 2 rings (SSSR count). The van der Waals surface area contributed by atoms with E-state index >= 15 is 0 Å². The van der Waals surface area contributed by atoms with Crippen molar-refractivity contribution in [3.63, 3.8) is 0 Å². The largest absolute Gasteiger partial charge is 0.480 e. The standard InChI is InChI=1S/C39H66N8O20/c1-15(32(55)43-17(3)36(59)60)42-35(58)21(9-7-8-12-40)46-25(52)11-10-22(37(61)62)47-33(56)16(2)41-34(57)18(4)64-31-27(45-20(6)51)38(63)65-24(14-49)30(31)67-39-26(44-19(5)50)29(54)28(53)23(13-48)66-39/h15-18,21-24,26-31,38-39,48-49,53-54,63H,7-14,40H2,1-6H3,(H,41,57)(H,42,58)(H,43,55)(H,44,50)(H,45,51)(H,46,52)(H,47,56)(H,59,60)(H,61,62)/t15-,16+,17-,18-,21+,22-,23-,24-,26-,27-,28-,29-,30-,31-,38-,39+/m1/s1. The number of hydrogen-bond acceptors (Lipinski definition) is 19. The molecule has 2 fully saturated rings. The number of aliphatic carboxylic acids is 2. The molecule has 0 aliphatic carbocycles. The van der Waals surface area contributed by atoms with Gasteiger partial charge in [-0.25, -0.2) is 4.79 Å². The average Bonchev–Trinajstić information content (AvgIpc) is 3.25. The van der Waals surface area contributed by atoms with E-state index in [-0.39, 0.29) is 13.0 Å². The molecule has 2 saturated heterocycles. The quantitative estimate of drug-likeness (QED) is 0.0358. The van der Waals surface area contributed by atoms with Gasteiger partial charge in [-0.3, -0.25) is 38.4 Å². The lowest BCUT2D eigenvalue weighted by molar-refractivity contribution is -0.333. The van der Waals surface area contributed by atoms with Crippen LogP contribution in [0.5, 0.6) is 0 Å². The van der Waals surface area contributed by atoms with Crippen molar-refractivity contribution < 1.29 is 97.8 Å². The summed E-state index contributed by atoms with van der Waals surface area (Å²) in [5.74, 6) is -8.75.